The molecule has 4 rings (SSSR count). The summed E-state index contributed by atoms with van der Waals surface area (Å²) in [5, 5.41) is 4.96. The van der Waals surface area contributed by atoms with Gasteiger partial charge in [0.2, 0.25) is 0 Å². The molecule has 1 unspecified atom stereocenters. The van der Waals surface area contributed by atoms with E-state index in [1.165, 1.54) is 36.4 Å². The molecule has 0 spiro atoms. The van der Waals surface area contributed by atoms with Crippen molar-refractivity contribution in [3.8, 4) is 5.69 Å². The lowest BCUT2D eigenvalue weighted by Gasteiger charge is -2.38. The lowest BCUT2D eigenvalue weighted by molar-refractivity contribution is 0.0575. The van der Waals surface area contributed by atoms with Crippen LogP contribution in [0.4, 0.5) is 4.39 Å². The number of hydrogen-bond donors (Lipinski definition) is 0. The number of piperazine rings is 1. The molecule has 1 aliphatic heterocycles. The minimum absolute atomic E-state index is 0.143. The lowest BCUT2D eigenvalue weighted by Crippen LogP contribution is -2.49. The summed E-state index contributed by atoms with van der Waals surface area (Å²) in [4.78, 5) is 29.2. The molecule has 2 heterocycles. The summed E-state index contributed by atoms with van der Waals surface area (Å²) in [6, 6.07) is 16.1. The van der Waals surface area contributed by atoms with E-state index >= 15 is 0 Å². The van der Waals surface area contributed by atoms with Crippen molar-refractivity contribution in [1.29, 1.82) is 0 Å². The Morgan fingerprint density at radius 3 is 2.35 bits per heavy atom. The second kappa shape index (κ2) is 8.99. The fraction of sp³-hybridized carbons (Fsp3) is 0.261. The molecule has 0 aliphatic carbocycles. The molecule has 1 atom stereocenters. The molecule has 0 bridgehead atoms. The van der Waals surface area contributed by atoms with Crippen molar-refractivity contribution in [1.82, 2.24) is 19.6 Å². The van der Waals surface area contributed by atoms with E-state index in [9.17, 15) is 14.0 Å². The van der Waals surface area contributed by atoms with Gasteiger partial charge in [0.1, 0.15) is 11.5 Å². The average molecular weight is 441 g/mol. The predicted molar refractivity (Wildman–Crippen MR) is 117 cm³/mol. The van der Waals surface area contributed by atoms with Crippen molar-refractivity contribution in [2.24, 2.45) is 0 Å². The van der Waals surface area contributed by atoms with Crippen LogP contribution in [0.15, 0.2) is 65.5 Å². The number of carbonyl (C=O) groups excluding carboxylic acids is 1. The fourth-order valence-electron chi connectivity index (χ4n) is 3.78. The van der Waals surface area contributed by atoms with E-state index in [2.05, 4.69) is 16.9 Å². The molecular formula is C23H22ClFN4O2. The summed E-state index contributed by atoms with van der Waals surface area (Å²) in [7, 11) is 0. The van der Waals surface area contributed by atoms with Gasteiger partial charge in [-0.1, -0.05) is 29.8 Å². The SMILES string of the molecule is CC(c1ccccc1Cl)N1CCN(C(=O)c2ccc(=O)n(-c3ccc(F)cc3)n2)CC1. The van der Waals surface area contributed by atoms with Crippen LogP contribution < -0.4 is 5.56 Å². The van der Waals surface area contributed by atoms with Crippen LogP contribution in [-0.4, -0.2) is 51.7 Å². The van der Waals surface area contributed by atoms with Crippen LogP contribution in [0.5, 0.6) is 0 Å². The van der Waals surface area contributed by atoms with Crippen molar-refractivity contribution in [3.63, 3.8) is 0 Å². The van der Waals surface area contributed by atoms with Crippen molar-refractivity contribution < 1.29 is 9.18 Å². The Hall–Kier alpha value is -3.03. The summed E-state index contributed by atoms with van der Waals surface area (Å²) < 4.78 is 14.3. The summed E-state index contributed by atoms with van der Waals surface area (Å²) in [5.41, 5.74) is 1.26. The third-order valence-electron chi connectivity index (χ3n) is 5.60. The molecule has 2 aromatic carbocycles. The maximum atomic E-state index is 13.2. The van der Waals surface area contributed by atoms with E-state index < -0.39 is 5.82 Å². The molecule has 1 aromatic heterocycles. The number of halogens is 2. The second-order valence-electron chi connectivity index (χ2n) is 7.47. The zero-order valence-corrected chi connectivity index (χ0v) is 17.8. The maximum absolute atomic E-state index is 13.2. The van der Waals surface area contributed by atoms with Crippen LogP contribution in [0.25, 0.3) is 5.69 Å². The van der Waals surface area contributed by atoms with Gasteiger partial charge in [-0.15, -0.1) is 0 Å². The molecule has 1 amide bonds. The summed E-state index contributed by atoms with van der Waals surface area (Å²) in [6.07, 6.45) is 0. The molecule has 1 saturated heterocycles. The van der Waals surface area contributed by atoms with Gasteiger partial charge in [-0.25, -0.2) is 4.39 Å². The number of carbonyl (C=O) groups is 1. The van der Waals surface area contributed by atoms with Gasteiger partial charge in [-0.2, -0.15) is 9.78 Å². The molecule has 0 N–H and O–H groups in total. The van der Waals surface area contributed by atoms with Crippen molar-refractivity contribution in [2.45, 2.75) is 13.0 Å². The van der Waals surface area contributed by atoms with Gasteiger partial charge in [0.15, 0.2) is 0 Å². The Morgan fingerprint density at radius 2 is 1.68 bits per heavy atom. The Labute approximate surface area is 184 Å². The van der Waals surface area contributed by atoms with Crippen LogP contribution >= 0.6 is 11.6 Å². The fourth-order valence-corrected chi connectivity index (χ4v) is 4.07. The third-order valence-corrected chi connectivity index (χ3v) is 5.94. The van der Waals surface area contributed by atoms with Crippen LogP contribution in [0, 0.1) is 5.82 Å². The Bertz CT molecular complexity index is 1140. The number of rotatable bonds is 4. The van der Waals surface area contributed by atoms with Gasteiger partial charge in [0.05, 0.1) is 5.69 Å². The molecule has 0 radical (unpaired) electrons. The first-order valence-corrected chi connectivity index (χ1v) is 10.5. The predicted octanol–water partition coefficient (Wildman–Crippen LogP) is 3.54. The average Bonchev–Trinajstić information content (AvgIpc) is 2.80. The van der Waals surface area contributed by atoms with Crippen molar-refractivity contribution in [3.05, 3.63) is 93.1 Å². The first-order valence-electron chi connectivity index (χ1n) is 10.1. The van der Waals surface area contributed by atoms with Gasteiger partial charge in [0.25, 0.3) is 11.5 Å². The highest BCUT2D eigenvalue weighted by molar-refractivity contribution is 6.31. The Morgan fingerprint density at radius 1 is 1.00 bits per heavy atom. The third kappa shape index (κ3) is 4.52. The minimum atomic E-state index is -0.409. The Balaban J connectivity index is 1.47. The topological polar surface area (TPSA) is 58.4 Å². The highest BCUT2D eigenvalue weighted by atomic mass is 35.5. The van der Waals surface area contributed by atoms with E-state index in [0.717, 1.165) is 15.3 Å². The van der Waals surface area contributed by atoms with Crippen LogP contribution in [0.3, 0.4) is 0 Å². The molecule has 31 heavy (non-hydrogen) atoms. The molecule has 6 nitrogen and oxygen atoms in total. The molecule has 1 fully saturated rings. The first-order chi connectivity index (χ1) is 14.9. The largest absolute Gasteiger partial charge is 0.335 e. The highest BCUT2D eigenvalue weighted by Gasteiger charge is 2.27. The van der Waals surface area contributed by atoms with Gasteiger partial charge in [-0.3, -0.25) is 14.5 Å². The van der Waals surface area contributed by atoms with Crippen LogP contribution in [0.1, 0.15) is 29.0 Å². The molecule has 0 saturated carbocycles. The van der Waals surface area contributed by atoms with Crippen LogP contribution in [0.2, 0.25) is 5.02 Å². The van der Waals surface area contributed by atoms with Gasteiger partial charge in [-0.05, 0) is 48.9 Å². The molecular weight excluding hydrogens is 419 g/mol. The van der Waals surface area contributed by atoms with Crippen molar-refractivity contribution >= 4 is 17.5 Å². The normalized spacial score (nSPS) is 15.6. The maximum Gasteiger partial charge on any atom is 0.274 e. The number of aromatic nitrogens is 2. The van der Waals surface area contributed by atoms with E-state index in [0.29, 0.717) is 31.9 Å². The highest BCUT2D eigenvalue weighted by Crippen LogP contribution is 2.27. The standard InChI is InChI=1S/C23H22ClFN4O2/c1-16(19-4-2-3-5-20(19)24)27-12-14-28(15-13-27)23(31)21-10-11-22(30)29(26-21)18-8-6-17(25)7-9-18/h2-11,16H,12-15H2,1H3. The zero-order chi connectivity index (χ0) is 22.0. The van der Waals surface area contributed by atoms with E-state index in [1.807, 2.05) is 24.3 Å². The van der Waals surface area contributed by atoms with Gasteiger partial charge < -0.3 is 4.90 Å². The van der Waals surface area contributed by atoms with E-state index in [1.54, 1.807) is 4.90 Å². The van der Waals surface area contributed by atoms with Crippen LogP contribution in [-0.2, 0) is 0 Å². The number of benzene rings is 2. The quantitative estimate of drug-likeness (QED) is 0.622. The summed E-state index contributed by atoms with van der Waals surface area (Å²) in [6.45, 7) is 4.61. The molecule has 1 aliphatic rings. The first kappa shape index (κ1) is 21.2. The number of hydrogen-bond acceptors (Lipinski definition) is 4. The molecule has 3 aromatic rings. The molecule has 8 heteroatoms. The summed E-state index contributed by atoms with van der Waals surface area (Å²) in [5.74, 6) is -0.645. The number of nitrogens with zero attached hydrogens (tertiary/aromatic N) is 4. The van der Waals surface area contributed by atoms with Crippen molar-refractivity contribution in [2.75, 3.05) is 26.2 Å². The zero-order valence-electron chi connectivity index (χ0n) is 17.0. The number of amides is 1. The lowest BCUT2D eigenvalue weighted by atomic mass is 10.1. The van der Waals surface area contributed by atoms with Gasteiger partial charge >= 0.3 is 0 Å². The second-order valence-corrected chi connectivity index (χ2v) is 7.88. The summed E-state index contributed by atoms with van der Waals surface area (Å²) >= 11 is 6.34. The Kier molecular flexibility index (Phi) is 6.15. The van der Waals surface area contributed by atoms with E-state index in [4.69, 9.17) is 11.6 Å². The monoisotopic (exact) mass is 440 g/mol. The van der Waals surface area contributed by atoms with E-state index in [-0.39, 0.29) is 23.2 Å². The van der Waals surface area contributed by atoms with Gasteiger partial charge in [0, 0.05) is 43.3 Å². The minimum Gasteiger partial charge on any atom is -0.335 e. The molecule has 160 valence electrons. The smallest absolute Gasteiger partial charge is 0.274 e.